The second-order valence-corrected chi connectivity index (χ2v) is 3.86. The summed E-state index contributed by atoms with van der Waals surface area (Å²) in [6.45, 7) is 0.595. The van der Waals surface area contributed by atoms with Gasteiger partial charge in [-0.3, -0.25) is 0 Å². The lowest BCUT2D eigenvalue weighted by atomic mass is 10.3. The van der Waals surface area contributed by atoms with Crippen molar-refractivity contribution in [2.75, 3.05) is 23.7 Å². The summed E-state index contributed by atoms with van der Waals surface area (Å²) in [4.78, 5) is 6.77. The molecule has 10 heteroatoms. The molecule has 0 aliphatic rings. The van der Waals surface area contributed by atoms with Gasteiger partial charge in [-0.2, -0.15) is 31.3 Å². The number of alkyl halides is 6. The molecule has 0 bridgehead atoms. The molecule has 1 heterocycles. The van der Waals surface area contributed by atoms with E-state index in [1.165, 1.54) is 0 Å². The highest BCUT2D eigenvalue weighted by Crippen LogP contribution is 2.30. The summed E-state index contributed by atoms with van der Waals surface area (Å²) in [7, 11) is 0. The number of anilines is 2. The van der Waals surface area contributed by atoms with Gasteiger partial charge in [0.2, 0.25) is 5.95 Å². The number of rotatable bonds is 5. The first-order valence-corrected chi connectivity index (χ1v) is 5.62. The van der Waals surface area contributed by atoms with Gasteiger partial charge in [-0.25, -0.2) is 4.98 Å². The van der Waals surface area contributed by atoms with Crippen molar-refractivity contribution in [1.29, 1.82) is 0 Å². The predicted molar refractivity (Wildman–Crippen MR) is 60.4 cm³/mol. The third kappa shape index (κ3) is 5.49. The van der Waals surface area contributed by atoms with E-state index in [1.807, 2.05) is 0 Å². The molecule has 1 aromatic heterocycles. The maximum Gasteiger partial charge on any atom is 0.433 e. The van der Waals surface area contributed by atoms with Crippen LogP contribution < -0.4 is 10.6 Å². The summed E-state index contributed by atoms with van der Waals surface area (Å²) < 4.78 is 73.8. The molecule has 0 radical (unpaired) electrons. The molecule has 0 unspecified atom stereocenters. The van der Waals surface area contributed by atoms with Crippen LogP contribution >= 0.6 is 0 Å². The summed E-state index contributed by atoms with van der Waals surface area (Å²) in [5.41, 5.74) is -1.31. The van der Waals surface area contributed by atoms with Crippen LogP contribution in [0.3, 0.4) is 0 Å². The van der Waals surface area contributed by atoms with Crippen LogP contribution in [0.15, 0.2) is 6.07 Å². The van der Waals surface area contributed by atoms with E-state index in [9.17, 15) is 26.3 Å². The van der Waals surface area contributed by atoms with E-state index < -0.39 is 30.4 Å². The van der Waals surface area contributed by atoms with Gasteiger partial charge in [0.05, 0.1) is 0 Å². The lowest BCUT2D eigenvalue weighted by molar-refractivity contribution is -0.141. The SMILES string of the molecule is CCCNc1nc(NCC(F)(F)F)cc(C(F)(F)F)n1. The van der Waals surface area contributed by atoms with Crippen molar-refractivity contribution in [2.45, 2.75) is 25.7 Å². The van der Waals surface area contributed by atoms with Crippen LogP contribution in [0.1, 0.15) is 19.0 Å². The van der Waals surface area contributed by atoms with Gasteiger partial charge in [-0.1, -0.05) is 6.92 Å². The van der Waals surface area contributed by atoms with Crippen LogP contribution in [0.5, 0.6) is 0 Å². The molecule has 114 valence electrons. The molecule has 0 atom stereocenters. The van der Waals surface area contributed by atoms with Gasteiger partial charge in [0.25, 0.3) is 0 Å². The van der Waals surface area contributed by atoms with Crippen molar-refractivity contribution in [3.63, 3.8) is 0 Å². The Morgan fingerprint density at radius 3 is 2.20 bits per heavy atom. The largest absolute Gasteiger partial charge is 0.433 e. The van der Waals surface area contributed by atoms with E-state index in [4.69, 9.17) is 0 Å². The molecule has 1 rings (SSSR count). The molecule has 0 aromatic carbocycles. The van der Waals surface area contributed by atoms with Crippen LogP contribution in [0.25, 0.3) is 0 Å². The average Bonchev–Trinajstić information content (AvgIpc) is 2.32. The molecule has 0 spiro atoms. The van der Waals surface area contributed by atoms with Gasteiger partial charge < -0.3 is 10.6 Å². The third-order valence-electron chi connectivity index (χ3n) is 2.02. The maximum absolute atomic E-state index is 12.6. The average molecular weight is 302 g/mol. The van der Waals surface area contributed by atoms with Gasteiger partial charge in [0.1, 0.15) is 12.4 Å². The number of nitrogens with one attached hydrogen (secondary N) is 2. The van der Waals surface area contributed by atoms with Gasteiger partial charge in [0, 0.05) is 12.6 Å². The van der Waals surface area contributed by atoms with Crippen LogP contribution in [-0.4, -0.2) is 29.2 Å². The van der Waals surface area contributed by atoms with Gasteiger partial charge >= 0.3 is 12.4 Å². The van der Waals surface area contributed by atoms with E-state index >= 15 is 0 Å². The normalized spacial score (nSPS) is 12.3. The number of hydrogen-bond donors (Lipinski definition) is 2. The fourth-order valence-corrected chi connectivity index (χ4v) is 1.19. The van der Waals surface area contributed by atoms with Crippen molar-refractivity contribution < 1.29 is 26.3 Å². The second kappa shape index (κ2) is 6.14. The van der Waals surface area contributed by atoms with Gasteiger partial charge in [0.15, 0.2) is 5.69 Å². The smallest absolute Gasteiger partial charge is 0.361 e. The van der Waals surface area contributed by atoms with Crippen molar-refractivity contribution >= 4 is 11.8 Å². The minimum Gasteiger partial charge on any atom is -0.361 e. The molecule has 0 saturated heterocycles. The quantitative estimate of drug-likeness (QED) is 0.820. The highest BCUT2D eigenvalue weighted by molar-refractivity contribution is 5.43. The van der Waals surface area contributed by atoms with Gasteiger partial charge in [-0.05, 0) is 6.42 Å². The van der Waals surface area contributed by atoms with Crippen LogP contribution in [0.2, 0.25) is 0 Å². The molecule has 4 nitrogen and oxygen atoms in total. The van der Waals surface area contributed by atoms with Crippen molar-refractivity contribution in [1.82, 2.24) is 9.97 Å². The van der Waals surface area contributed by atoms with Crippen LogP contribution in [0, 0.1) is 0 Å². The molecular weight excluding hydrogens is 290 g/mol. The van der Waals surface area contributed by atoms with E-state index in [1.54, 1.807) is 12.2 Å². The zero-order valence-corrected chi connectivity index (χ0v) is 10.4. The zero-order valence-electron chi connectivity index (χ0n) is 10.4. The molecule has 0 amide bonds. The monoisotopic (exact) mass is 302 g/mol. The summed E-state index contributed by atoms with van der Waals surface area (Å²) >= 11 is 0. The Balaban J connectivity index is 2.97. The molecule has 20 heavy (non-hydrogen) atoms. The topological polar surface area (TPSA) is 49.8 Å². The lowest BCUT2D eigenvalue weighted by Crippen LogP contribution is -2.23. The number of nitrogens with zero attached hydrogens (tertiary/aromatic N) is 2. The van der Waals surface area contributed by atoms with Crippen molar-refractivity contribution in [2.24, 2.45) is 0 Å². The molecule has 0 saturated carbocycles. The van der Waals surface area contributed by atoms with E-state index in [2.05, 4.69) is 15.3 Å². The summed E-state index contributed by atoms with van der Waals surface area (Å²) in [6, 6.07) is 0.433. The number of hydrogen-bond acceptors (Lipinski definition) is 4. The molecule has 1 aromatic rings. The first-order valence-electron chi connectivity index (χ1n) is 5.62. The minimum atomic E-state index is -4.76. The molecular formula is C10H12F6N4. The number of aromatic nitrogens is 2. The Bertz CT molecular complexity index is 442. The third-order valence-corrected chi connectivity index (χ3v) is 2.02. The Morgan fingerprint density at radius 1 is 1.05 bits per heavy atom. The Labute approximate surface area is 110 Å². The standard InChI is InChI=1S/C10H12F6N4/c1-2-3-17-8-19-6(10(14,15)16)4-7(20-8)18-5-9(11,12)13/h4H,2-3,5H2,1H3,(H2,17,18,19,20). The van der Waals surface area contributed by atoms with E-state index in [-0.39, 0.29) is 5.95 Å². The summed E-state index contributed by atoms with van der Waals surface area (Å²) in [6.07, 6.45) is -8.72. The zero-order chi connectivity index (χ0) is 15.4. The van der Waals surface area contributed by atoms with Crippen LogP contribution in [-0.2, 0) is 6.18 Å². The molecule has 0 aliphatic carbocycles. The predicted octanol–water partition coefficient (Wildman–Crippen LogP) is 3.29. The fraction of sp³-hybridized carbons (Fsp3) is 0.600. The maximum atomic E-state index is 12.6. The Kier molecular flexibility index (Phi) is 5.01. The van der Waals surface area contributed by atoms with Crippen LogP contribution in [0.4, 0.5) is 38.1 Å². The van der Waals surface area contributed by atoms with Crippen molar-refractivity contribution in [3.8, 4) is 0 Å². The summed E-state index contributed by atoms with van der Waals surface area (Å²) in [5, 5.41) is 4.30. The minimum absolute atomic E-state index is 0.306. The molecule has 0 fully saturated rings. The first-order chi connectivity index (χ1) is 9.12. The van der Waals surface area contributed by atoms with Crippen molar-refractivity contribution in [3.05, 3.63) is 11.8 Å². The van der Waals surface area contributed by atoms with E-state index in [0.29, 0.717) is 19.0 Å². The van der Waals surface area contributed by atoms with Gasteiger partial charge in [-0.15, -0.1) is 0 Å². The second-order valence-electron chi connectivity index (χ2n) is 3.86. The van der Waals surface area contributed by atoms with E-state index in [0.717, 1.165) is 0 Å². The fourth-order valence-electron chi connectivity index (χ4n) is 1.19. The molecule has 0 aliphatic heterocycles. The highest BCUT2D eigenvalue weighted by atomic mass is 19.4. The number of halogens is 6. The first kappa shape index (κ1) is 16.3. The highest BCUT2D eigenvalue weighted by Gasteiger charge is 2.34. The summed E-state index contributed by atoms with van der Waals surface area (Å²) in [5.74, 6) is -0.908. The Hall–Kier alpha value is -1.74. The molecule has 2 N–H and O–H groups in total. The lowest BCUT2D eigenvalue weighted by Gasteiger charge is -2.13. The Morgan fingerprint density at radius 2 is 1.70 bits per heavy atom.